The molecule has 1 heterocycles. The summed E-state index contributed by atoms with van der Waals surface area (Å²) >= 11 is 0. The van der Waals surface area contributed by atoms with Gasteiger partial charge in [0.1, 0.15) is 5.76 Å². The highest BCUT2D eigenvalue weighted by molar-refractivity contribution is 5.67. The van der Waals surface area contributed by atoms with Crippen molar-refractivity contribution in [1.29, 1.82) is 5.26 Å². The lowest BCUT2D eigenvalue weighted by Gasteiger charge is -2.11. The van der Waals surface area contributed by atoms with Crippen LogP contribution >= 0.6 is 0 Å². The molecule has 1 aliphatic heterocycles. The molecule has 0 saturated carbocycles. The van der Waals surface area contributed by atoms with Crippen LogP contribution in [0.15, 0.2) is 66.7 Å². The molecule has 114 valence electrons. The molecule has 0 aromatic heterocycles. The molecule has 0 fully saturated rings. The quantitative estimate of drug-likeness (QED) is 0.726. The van der Waals surface area contributed by atoms with E-state index < -0.39 is 0 Å². The fourth-order valence-electron chi connectivity index (χ4n) is 3.09. The van der Waals surface area contributed by atoms with Gasteiger partial charge >= 0.3 is 0 Å². The van der Waals surface area contributed by atoms with Gasteiger partial charge < -0.3 is 10.4 Å². The Morgan fingerprint density at radius 1 is 0.917 bits per heavy atom. The van der Waals surface area contributed by atoms with E-state index in [2.05, 4.69) is 11.4 Å². The van der Waals surface area contributed by atoms with Gasteiger partial charge in [-0.05, 0) is 22.6 Å². The molecule has 4 rings (SSSR count). The van der Waals surface area contributed by atoms with E-state index in [0.717, 1.165) is 21.3 Å². The summed E-state index contributed by atoms with van der Waals surface area (Å²) in [5, 5.41) is 27.2. The van der Waals surface area contributed by atoms with Crippen molar-refractivity contribution in [1.82, 2.24) is 0 Å². The minimum absolute atomic E-state index is 0.113. The van der Waals surface area contributed by atoms with Crippen molar-refractivity contribution < 1.29 is 5.11 Å². The fraction of sp³-hybridized carbons (Fsp3) is 0. The van der Waals surface area contributed by atoms with Crippen molar-refractivity contribution in [2.45, 2.75) is 0 Å². The van der Waals surface area contributed by atoms with Gasteiger partial charge in [-0.1, -0.05) is 54.6 Å². The first kappa shape index (κ1) is 14.1. The zero-order valence-corrected chi connectivity index (χ0v) is 12.8. The number of hydrogen-bond acceptors (Lipinski definition) is 3. The van der Waals surface area contributed by atoms with E-state index in [1.807, 2.05) is 66.9 Å². The summed E-state index contributed by atoms with van der Waals surface area (Å²) in [5.41, 5.74) is 2.02. The van der Waals surface area contributed by atoms with Crippen molar-refractivity contribution in [3.05, 3.63) is 98.7 Å². The van der Waals surface area contributed by atoms with Gasteiger partial charge in [0.2, 0.25) is 0 Å². The van der Waals surface area contributed by atoms with Gasteiger partial charge in [-0.15, -0.1) is 0 Å². The van der Waals surface area contributed by atoms with E-state index in [9.17, 15) is 10.4 Å². The van der Waals surface area contributed by atoms with E-state index in [1.165, 1.54) is 0 Å². The van der Waals surface area contributed by atoms with Crippen LogP contribution < -0.4 is 15.8 Å². The first-order valence-corrected chi connectivity index (χ1v) is 7.67. The minimum atomic E-state index is 0.113. The van der Waals surface area contributed by atoms with Gasteiger partial charge in [0, 0.05) is 27.9 Å². The molecule has 3 aromatic carbocycles. The molecule has 1 aliphatic rings. The maximum atomic E-state index is 10.9. The van der Waals surface area contributed by atoms with Crippen LogP contribution in [-0.2, 0) is 0 Å². The van der Waals surface area contributed by atoms with Crippen LogP contribution in [0.3, 0.4) is 0 Å². The Morgan fingerprint density at radius 3 is 2.46 bits per heavy atom. The van der Waals surface area contributed by atoms with Crippen molar-refractivity contribution >= 4 is 17.6 Å². The van der Waals surface area contributed by atoms with Crippen molar-refractivity contribution in [2.24, 2.45) is 0 Å². The van der Waals surface area contributed by atoms with Crippen LogP contribution in [0.5, 0.6) is 0 Å². The zero-order chi connectivity index (χ0) is 16.5. The second kappa shape index (κ2) is 5.60. The summed E-state index contributed by atoms with van der Waals surface area (Å²) < 4.78 is 0. The average Bonchev–Trinajstić information content (AvgIpc) is 2.67. The summed E-state index contributed by atoms with van der Waals surface area (Å²) in [7, 11) is 0. The molecule has 3 heteroatoms. The molecule has 0 aliphatic carbocycles. The van der Waals surface area contributed by atoms with Crippen molar-refractivity contribution in [2.75, 3.05) is 5.32 Å². The molecule has 0 bridgehead atoms. The fourth-order valence-corrected chi connectivity index (χ4v) is 3.09. The highest BCUT2D eigenvalue weighted by atomic mass is 16.3. The number of nitrogens with one attached hydrogen (secondary N) is 1. The Kier molecular flexibility index (Phi) is 3.29. The largest absolute Gasteiger partial charge is 0.507 e. The lowest BCUT2D eigenvalue weighted by molar-refractivity contribution is 0.507. The maximum absolute atomic E-state index is 10.9. The Morgan fingerprint density at radius 2 is 1.67 bits per heavy atom. The van der Waals surface area contributed by atoms with E-state index in [-0.39, 0.29) is 5.76 Å². The molecule has 3 aromatic rings. The number of nitriles is 1. The molecule has 2 N–H and O–H groups in total. The number of rotatable bonds is 1. The van der Waals surface area contributed by atoms with Crippen molar-refractivity contribution in [3.8, 4) is 6.07 Å². The molecule has 24 heavy (non-hydrogen) atoms. The highest BCUT2D eigenvalue weighted by Crippen LogP contribution is 2.15. The first-order valence-electron chi connectivity index (χ1n) is 7.67. The molecule has 0 amide bonds. The number of anilines is 1. The summed E-state index contributed by atoms with van der Waals surface area (Å²) in [6.45, 7) is 0. The molecule has 0 saturated heterocycles. The minimum Gasteiger partial charge on any atom is -0.507 e. The summed E-state index contributed by atoms with van der Waals surface area (Å²) in [6.07, 6.45) is 1.94. The predicted octanol–water partition coefficient (Wildman–Crippen LogP) is 2.72. The van der Waals surface area contributed by atoms with Crippen LogP contribution in [0.2, 0.25) is 0 Å². The van der Waals surface area contributed by atoms with Crippen LogP contribution in [0.1, 0.15) is 11.1 Å². The maximum Gasteiger partial charge on any atom is 0.132 e. The van der Waals surface area contributed by atoms with Gasteiger partial charge in [0.25, 0.3) is 0 Å². The van der Waals surface area contributed by atoms with Gasteiger partial charge in [-0.25, -0.2) is 0 Å². The van der Waals surface area contributed by atoms with Crippen LogP contribution in [-0.4, -0.2) is 5.11 Å². The standard InChI is InChI=1S/C21H14N2O/c22-12-15-10-11-18-20(17-9-5-4-8-16(17)13-23-18)19(15)21(24)14-6-2-1-3-7-14/h1-11,13,23-24H. The number of aliphatic hydroxyl groups is 1. The van der Waals surface area contributed by atoms with E-state index in [4.69, 9.17) is 0 Å². The number of fused-ring (bicyclic) bond motifs is 2. The Labute approximate surface area is 138 Å². The molecular formula is C21H14N2O. The third kappa shape index (κ3) is 2.13. The third-order valence-electron chi connectivity index (χ3n) is 4.22. The number of benzene rings is 3. The average molecular weight is 310 g/mol. The van der Waals surface area contributed by atoms with Crippen molar-refractivity contribution in [3.63, 3.8) is 0 Å². The zero-order valence-electron chi connectivity index (χ0n) is 12.8. The van der Waals surface area contributed by atoms with E-state index in [0.29, 0.717) is 16.3 Å². The van der Waals surface area contributed by atoms with Crippen LogP contribution in [0, 0.1) is 21.8 Å². The number of hydrogen-bond donors (Lipinski definition) is 2. The molecule has 0 atom stereocenters. The van der Waals surface area contributed by atoms with Crippen LogP contribution in [0.4, 0.5) is 5.69 Å². The normalized spacial score (nSPS) is 12.8. The van der Waals surface area contributed by atoms with E-state index >= 15 is 0 Å². The second-order valence-electron chi connectivity index (χ2n) is 5.61. The van der Waals surface area contributed by atoms with Gasteiger partial charge in [0.05, 0.1) is 11.6 Å². The van der Waals surface area contributed by atoms with Gasteiger partial charge in [0.15, 0.2) is 0 Å². The lowest BCUT2D eigenvalue weighted by Crippen LogP contribution is -2.21. The monoisotopic (exact) mass is 310 g/mol. The first-order chi connectivity index (χ1) is 11.8. The molecule has 3 nitrogen and oxygen atoms in total. The molecular weight excluding hydrogens is 296 g/mol. The number of aliphatic hydroxyl groups excluding tert-OH is 1. The van der Waals surface area contributed by atoms with Gasteiger partial charge in [-0.2, -0.15) is 5.26 Å². The Hall–Kier alpha value is -3.51. The Bertz CT molecular complexity index is 1190. The molecule has 0 spiro atoms. The summed E-state index contributed by atoms with van der Waals surface area (Å²) in [6, 6.07) is 23.1. The predicted molar refractivity (Wildman–Crippen MR) is 94.2 cm³/mol. The SMILES string of the molecule is N#Cc1ccc2c(c1=C(O)c1ccccc1)=c1ccccc1=CN2. The molecule has 0 unspecified atom stereocenters. The lowest BCUT2D eigenvalue weighted by atomic mass is 10.0. The second-order valence-corrected chi connectivity index (χ2v) is 5.61. The third-order valence-corrected chi connectivity index (χ3v) is 4.22. The van der Waals surface area contributed by atoms with Gasteiger partial charge in [-0.3, -0.25) is 0 Å². The van der Waals surface area contributed by atoms with Crippen LogP contribution in [0.25, 0.3) is 12.0 Å². The molecule has 0 radical (unpaired) electrons. The highest BCUT2D eigenvalue weighted by Gasteiger charge is 2.11. The van der Waals surface area contributed by atoms with E-state index in [1.54, 1.807) is 6.07 Å². The topological polar surface area (TPSA) is 56.0 Å². The Balaban J connectivity index is 2.34. The smallest absolute Gasteiger partial charge is 0.132 e. The number of nitrogens with zero attached hydrogens (tertiary/aromatic N) is 1. The summed E-state index contributed by atoms with van der Waals surface area (Å²) in [5.74, 6) is 0.113. The summed E-state index contributed by atoms with van der Waals surface area (Å²) in [4.78, 5) is 0.